The Balaban J connectivity index is 2.48. The lowest BCUT2D eigenvalue weighted by Crippen LogP contribution is -1.98. The van der Waals surface area contributed by atoms with E-state index in [2.05, 4.69) is 5.38 Å². The highest BCUT2D eigenvalue weighted by Crippen LogP contribution is 2.41. The van der Waals surface area contributed by atoms with Crippen molar-refractivity contribution in [2.45, 2.75) is 12.3 Å². The van der Waals surface area contributed by atoms with Gasteiger partial charge in [-0.05, 0) is 40.4 Å². The summed E-state index contributed by atoms with van der Waals surface area (Å²) in [6.07, 6.45) is 0. The van der Waals surface area contributed by atoms with Crippen LogP contribution in [0.1, 0.15) is 22.1 Å². The number of rotatable bonds is 4. The molecule has 0 aliphatic carbocycles. The fraction of sp³-hybridized carbons (Fsp3) is 0.286. The molecule has 0 fully saturated rings. The smallest absolute Gasteiger partial charge is 0.162 e. The van der Waals surface area contributed by atoms with Gasteiger partial charge in [-0.15, -0.1) is 11.6 Å². The molecule has 0 aliphatic heterocycles. The molecule has 0 spiro atoms. The van der Waals surface area contributed by atoms with Gasteiger partial charge >= 0.3 is 0 Å². The second-order valence-electron chi connectivity index (χ2n) is 4.10. The molecule has 2 nitrogen and oxygen atoms in total. The summed E-state index contributed by atoms with van der Waals surface area (Å²) in [5, 5.41) is 4.39. The number of methoxy groups -OCH3 is 2. The number of alkyl halides is 1. The van der Waals surface area contributed by atoms with Crippen molar-refractivity contribution in [3.63, 3.8) is 0 Å². The second kappa shape index (κ2) is 6.04. The fourth-order valence-corrected chi connectivity index (χ4v) is 3.55. The van der Waals surface area contributed by atoms with Crippen LogP contribution >= 0.6 is 34.5 Å². The highest BCUT2D eigenvalue weighted by molar-refractivity contribution is 7.08. The zero-order valence-corrected chi connectivity index (χ0v) is 13.2. The maximum absolute atomic E-state index is 6.53. The maximum atomic E-state index is 6.53. The molecule has 19 heavy (non-hydrogen) atoms. The zero-order chi connectivity index (χ0) is 14.0. The van der Waals surface area contributed by atoms with Crippen LogP contribution in [-0.4, -0.2) is 14.2 Å². The first kappa shape index (κ1) is 14.5. The highest BCUT2D eigenvalue weighted by Gasteiger charge is 2.20. The summed E-state index contributed by atoms with van der Waals surface area (Å²) >= 11 is 14.4. The fourth-order valence-electron chi connectivity index (χ4n) is 1.86. The lowest BCUT2D eigenvalue weighted by molar-refractivity contribution is 0.354. The molecule has 5 heteroatoms. The third-order valence-electron chi connectivity index (χ3n) is 2.94. The zero-order valence-electron chi connectivity index (χ0n) is 10.9. The largest absolute Gasteiger partial charge is 0.493 e. The third kappa shape index (κ3) is 2.83. The highest BCUT2D eigenvalue weighted by atomic mass is 35.5. The van der Waals surface area contributed by atoms with Crippen LogP contribution in [0.5, 0.6) is 11.5 Å². The normalized spacial score (nSPS) is 12.3. The van der Waals surface area contributed by atoms with E-state index < -0.39 is 0 Å². The molecule has 0 saturated heterocycles. The Bertz CT molecular complexity index is 581. The van der Waals surface area contributed by atoms with Crippen LogP contribution in [0, 0.1) is 6.92 Å². The molecular formula is C14H14Cl2O2S. The molecule has 2 rings (SSSR count). The van der Waals surface area contributed by atoms with Gasteiger partial charge in [-0.2, -0.15) is 11.3 Å². The molecule has 0 aliphatic rings. The maximum Gasteiger partial charge on any atom is 0.162 e. The summed E-state index contributed by atoms with van der Waals surface area (Å²) in [5.74, 6) is 1.22. The van der Waals surface area contributed by atoms with Crippen molar-refractivity contribution in [3.05, 3.63) is 44.6 Å². The van der Waals surface area contributed by atoms with Crippen molar-refractivity contribution in [1.82, 2.24) is 0 Å². The summed E-state index contributed by atoms with van der Waals surface area (Å²) in [4.78, 5) is 0. The van der Waals surface area contributed by atoms with Crippen LogP contribution in [0.3, 0.4) is 0 Å². The van der Waals surface area contributed by atoms with Crippen LogP contribution in [0.2, 0.25) is 5.02 Å². The van der Waals surface area contributed by atoms with Crippen molar-refractivity contribution in [2.75, 3.05) is 14.2 Å². The van der Waals surface area contributed by atoms with Gasteiger partial charge in [0.2, 0.25) is 0 Å². The standard InChI is InChI=1S/C14H14Cl2O2S/c1-8-6-19-7-10(8)14(16)9-4-12(17-2)13(18-3)5-11(9)15/h4-7,14H,1-3H3. The van der Waals surface area contributed by atoms with Crippen LogP contribution in [-0.2, 0) is 0 Å². The van der Waals surface area contributed by atoms with E-state index in [-0.39, 0.29) is 5.38 Å². The Morgan fingerprint density at radius 3 is 2.21 bits per heavy atom. The minimum atomic E-state index is -0.293. The molecule has 1 atom stereocenters. The molecule has 0 saturated carbocycles. The molecular weight excluding hydrogens is 303 g/mol. The Kier molecular flexibility index (Phi) is 4.61. The number of thiophene rings is 1. The minimum absolute atomic E-state index is 0.293. The summed E-state index contributed by atoms with van der Waals surface area (Å²) < 4.78 is 10.5. The Hall–Kier alpha value is -0.900. The van der Waals surface area contributed by atoms with Gasteiger partial charge in [-0.1, -0.05) is 11.6 Å². The Morgan fingerprint density at radius 1 is 1.05 bits per heavy atom. The topological polar surface area (TPSA) is 18.5 Å². The van der Waals surface area contributed by atoms with Gasteiger partial charge in [-0.3, -0.25) is 0 Å². The predicted molar refractivity (Wildman–Crippen MR) is 81.3 cm³/mol. The summed E-state index contributed by atoms with van der Waals surface area (Å²) in [6, 6.07) is 3.56. The van der Waals surface area contributed by atoms with E-state index in [4.69, 9.17) is 32.7 Å². The van der Waals surface area contributed by atoms with E-state index in [1.807, 2.05) is 18.4 Å². The van der Waals surface area contributed by atoms with E-state index in [9.17, 15) is 0 Å². The SMILES string of the molecule is COc1cc(Cl)c(C(Cl)c2cscc2C)cc1OC. The number of benzene rings is 1. The van der Waals surface area contributed by atoms with Gasteiger partial charge in [-0.25, -0.2) is 0 Å². The molecule has 0 radical (unpaired) electrons. The molecule has 2 aromatic rings. The number of hydrogen-bond donors (Lipinski definition) is 0. The lowest BCUT2D eigenvalue weighted by atomic mass is 10.0. The van der Waals surface area contributed by atoms with Gasteiger partial charge < -0.3 is 9.47 Å². The van der Waals surface area contributed by atoms with Gasteiger partial charge in [0.05, 0.1) is 19.6 Å². The number of aryl methyl sites for hydroxylation is 1. The average Bonchev–Trinajstić information content (AvgIpc) is 2.83. The van der Waals surface area contributed by atoms with E-state index in [0.29, 0.717) is 16.5 Å². The molecule has 1 aromatic carbocycles. The molecule has 0 bridgehead atoms. The molecule has 1 heterocycles. The van der Waals surface area contributed by atoms with Crippen LogP contribution in [0.4, 0.5) is 0 Å². The van der Waals surface area contributed by atoms with E-state index >= 15 is 0 Å². The first-order valence-corrected chi connectivity index (χ1v) is 7.42. The monoisotopic (exact) mass is 316 g/mol. The Morgan fingerprint density at radius 2 is 1.68 bits per heavy atom. The summed E-state index contributed by atoms with van der Waals surface area (Å²) in [7, 11) is 3.17. The van der Waals surface area contributed by atoms with Gasteiger partial charge in [0.1, 0.15) is 0 Å². The van der Waals surface area contributed by atoms with Crippen molar-refractivity contribution >= 4 is 34.5 Å². The van der Waals surface area contributed by atoms with Crippen molar-refractivity contribution in [2.24, 2.45) is 0 Å². The van der Waals surface area contributed by atoms with Crippen LogP contribution in [0.15, 0.2) is 22.9 Å². The molecule has 1 unspecified atom stereocenters. The molecule has 0 N–H and O–H groups in total. The van der Waals surface area contributed by atoms with Gasteiger partial charge in [0.15, 0.2) is 11.5 Å². The van der Waals surface area contributed by atoms with Crippen LogP contribution < -0.4 is 9.47 Å². The summed E-state index contributed by atoms with van der Waals surface area (Å²) in [6.45, 7) is 2.04. The average molecular weight is 317 g/mol. The molecule has 0 amide bonds. The van der Waals surface area contributed by atoms with Gasteiger partial charge in [0, 0.05) is 11.1 Å². The van der Waals surface area contributed by atoms with E-state index in [1.54, 1.807) is 31.6 Å². The second-order valence-corrected chi connectivity index (χ2v) is 5.69. The van der Waals surface area contributed by atoms with E-state index in [1.165, 1.54) is 0 Å². The van der Waals surface area contributed by atoms with Crippen molar-refractivity contribution in [3.8, 4) is 11.5 Å². The minimum Gasteiger partial charge on any atom is -0.493 e. The van der Waals surface area contributed by atoms with Crippen LogP contribution in [0.25, 0.3) is 0 Å². The third-order valence-corrected chi connectivity index (χ3v) is 4.62. The lowest BCUT2D eigenvalue weighted by Gasteiger charge is -2.15. The first-order valence-electron chi connectivity index (χ1n) is 5.66. The van der Waals surface area contributed by atoms with Crippen molar-refractivity contribution < 1.29 is 9.47 Å². The number of ether oxygens (including phenoxy) is 2. The summed E-state index contributed by atoms with van der Waals surface area (Å²) in [5.41, 5.74) is 3.05. The number of hydrogen-bond acceptors (Lipinski definition) is 3. The predicted octanol–water partition coefficient (Wildman–Crippen LogP) is 5.06. The first-order chi connectivity index (χ1) is 9.08. The Labute approximate surface area is 126 Å². The molecule has 102 valence electrons. The van der Waals surface area contributed by atoms with Gasteiger partial charge in [0.25, 0.3) is 0 Å². The molecule has 1 aromatic heterocycles. The van der Waals surface area contributed by atoms with E-state index in [0.717, 1.165) is 16.7 Å². The number of halogens is 2. The quantitative estimate of drug-likeness (QED) is 0.734. The van der Waals surface area contributed by atoms with Crippen molar-refractivity contribution in [1.29, 1.82) is 0 Å².